The van der Waals surface area contributed by atoms with Gasteiger partial charge in [0.25, 0.3) is 5.78 Å². The topological polar surface area (TPSA) is 76.6 Å². The molecule has 3 atom stereocenters. The minimum Gasteiger partial charge on any atom is -0.376 e. The summed E-state index contributed by atoms with van der Waals surface area (Å²) >= 11 is 0. The molecule has 2 aliphatic heterocycles. The largest absolute Gasteiger partial charge is 0.376 e. The highest BCUT2D eigenvalue weighted by atomic mass is 19.1. The Balaban J connectivity index is 1.26. The number of imidazole rings is 1. The second-order valence-corrected chi connectivity index (χ2v) is 11.6. The van der Waals surface area contributed by atoms with Gasteiger partial charge in [0.15, 0.2) is 11.5 Å². The maximum absolute atomic E-state index is 13.9. The van der Waals surface area contributed by atoms with E-state index in [1.807, 2.05) is 35.6 Å². The summed E-state index contributed by atoms with van der Waals surface area (Å²) in [4.78, 5) is 14.7. The van der Waals surface area contributed by atoms with Gasteiger partial charge >= 0.3 is 0 Å². The van der Waals surface area contributed by atoms with E-state index in [0.717, 1.165) is 59.9 Å². The average molecular weight is 573 g/mol. The fourth-order valence-electron chi connectivity index (χ4n) is 6.63. The van der Waals surface area contributed by atoms with Crippen LogP contribution in [0.4, 0.5) is 14.6 Å². The fourth-order valence-corrected chi connectivity index (χ4v) is 6.63. The number of nitrogens with zero attached hydrogens (tertiary/aromatic N) is 8. The molecule has 2 aliphatic rings. The molecular formula is C31H34F2N8O. The SMILES string of the molecule is Cc1nc2c(N3C[C@@H](C)N(C(c4ccc(F)cc4)c4ccc(F)cc4)C[C@@H]3C)nc3nncn3c2n1C[C@@H]1CCCO1. The molecule has 0 unspecified atom stereocenters. The van der Waals surface area contributed by atoms with Crippen molar-refractivity contribution in [2.75, 3.05) is 24.6 Å². The normalized spacial score (nSPS) is 21.8. The summed E-state index contributed by atoms with van der Waals surface area (Å²) in [7, 11) is 0. The van der Waals surface area contributed by atoms with E-state index in [1.165, 1.54) is 24.3 Å². The van der Waals surface area contributed by atoms with Gasteiger partial charge in [0.05, 0.1) is 18.7 Å². The molecule has 9 nitrogen and oxygen atoms in total. The van der Waals surface area contributed by atoms with E-state index < -0.39 is 0 Å². The molecule has 42 heavy (non-hydrogen) atoms. The van der Waals surface area contributed by atoms with Crippen molar-refractivity contribution in [2.45, 2.75) is 64.4 Å². The van der Waals surface area contributed by atoms with Crippen molar-refractivity contribution in [2.24, 2.45) is 0 Å². The molecule has 2 saturated heterocycles. The van der Waals surface area contributed by atoms with Gasteiger partial charge in [-0.25, -0.2) is 18.2 Å². The van der Waals surface area contributed by atoms with E-state index >= 15 is 0 Å². The van der Waals surface area contributed by atoms with Crippen LogP contribution < -0.4 is 4.90 Å². The zero-order chi connectivity index (χ0) is 29.0. The van der Waals surface area contributed by atoms with E-state index in [-0.39, 0.29) is 35.9 Å². The Hall–Kier alpha value is -3.96. The molecule has 0 N–H and O–H groups in total. The monoisotopic (exact) mass is 572 g/mol. The smallest absolute Gasteiger partial charge is 0.258 e. The number of fused-ring (bicyclic) bond motifs is 3. The minimum absolute atomic E-state index is 0.0642. The fraction of sp³-hybridized carbons (Fsp3) is 0.419. The van der Waals surface area contributed by atoms with Gasteiger partial charge < -0.3 is 14.2 Å². The number of aryl methyl sites for hydroxylation is 1. The van der Waals surface area contributed by atoms with Crippen molar-refractivity contribution >= 4 is 22.8 Å². The number of halogens is 2. The van der Waals surface area contributed by atoms with Crippen LogP contribution in [-0.4, -0.2) is 71.9 Å². The Morgan fingerprint density at radius 3 is 2.26 bits per heavy atom. The number of benzene rings is 2. The highest BCUT2D eigenvalue weighted by molar-refractivity contribution is 5.87. The number of aromatic nitrogens is 6. The van der Waals surface area contributed by atoms with Crippen molar-refractivity contribution in [1.82, 2.24) is 34.0 Å². The third kappa shape index (κ3) is 4.70. The second-order valence-electron chi connectivity index (χ2n) is 11.6. The number of piperazine rings is 1. The van der Waals surface area contributed by atoms with Crippen LogP contribution >= 0.6 is 0 Å². The number of rotatable bonds is 6. The van der Waals surface area contributed by atoms with Crippen LogP contribution in [-0.2, 0) is 11.3 Å². The molecule has 7 rings (SSSR count). The maximum Gasteiger partial charge on any atom is 0.258 e. The molecule has 0 radical (unpaired) electrons. The Bertz CT molecular complexity index is 1670. The van der Waals surface area contributed by atoms with Crippen LogP contribution in [0.1, 0.15) is 49.7 Å². The van der Waals surface area contributed by atoms with Gasteiger partial charge in [-0.15, -0.1) is 10.2 Å². The summed E-state index contributed by atoms with van der Waals surface area (Å²) in [5.41, 5.74) is 3.67. The third-order valence-electron chi connectivity index (χ3n) is 8.73. The lowest BCUT2D eigenvalue weighted by Crippen LogP contribution is -2.57. The van der Waals surface area contributed by atoms with Crippen molar-refractivity contribution in [3.63, 3.8) is 0 Å². The summed E-state index contributed by atoms with van der Waals surface area (Å²) in [5.74, 6) is 1.66. The molecule has 2 aromatic carbocycles. The predicted molar refractivity (Wildman–Crippen MR) is 155 cm³/mol. The van der Waals surface area contributed by atoms with Crippen molar-refractivity contribution in [3.8, 4) is 0 Å². The van der Waals surface area contributed by atoms with E-state index in [0.29, 0.717) is 18.9 Å². The van der Waals surface area contributed by atoms with Gasteiger partial charge in [0, 0.05) is 31.8 Å². The average Bonchev–Trinajstić information content (AvgIpc) is 3.73. The third-order valence-corrected chi connectivity index (χ3v) is 8.73. The van der Waals surface area contributed by atoms with Gasteiger partial charge in [-0.3, -0.25) is 4.90 Å². The molecule has 0 aliphatic carbocycles. The molecule has 5 heterocycles. The van der Waals surface area contributed by atoms with E-state index in [2.05, 4.69) is 38.4 Å². The summed E-state index contributed by atoms with van der Waals surface area (Å²) in [6.45, 7) is 9.30. The minimum atomic E-state index is -0.281. The first-order valence-corrected chi connectivity index (χ1v) is 14.6. The standard InChI is InChI=1S/C31H34F2N8O/c1-19-16-39(20(2)15-38(19)28(22-6-10-24(32)11-7-22)23-8-12-25(33)13-9-23)29-27-30(41-18-34-37-31(41)36-29)40(21(3)35-27)17-26-5-4-14-42-26/h6-13,18-20,26,28H,4-5,14-17H2,1-3H3/t19-,20+,26+/m1/s1. The van der Waals surface area contributed by atoms with Crippen molar-refractivity contribution in [3.05, 3.63) is 83.4 Å². The van der Waals surface area contributed by atoms with Gasteiger partial charge in [0.1, 0.15) is 29.3 Å². The lowest BCUT2D eigenvalue weighted by atomic mass is 9.93. The lowest BCUT2D eigenvalue weighted by molar-refractivity contribution is 0.0972. The number of hydrogen-bond donors (Lipinski definition) is 0. The highest BCUT2D eigenvalue weighted by Gasteiger charge is 2.37. The van der Waals surface area contributed by atoms with Crippen LogP contribution in [0, 0.1) is 18.6 Å². The Morgan fingerprint density at radius 1 is 0.929 bits per heavy atom. The quantitative estimate of drug-likeness (QED) is 0.286. The van der Waals surface area contributed by atoms with Crippen molar-refractivity contribution < 1.29 is 13.5 Å². The molecule has 0 saturated carbocycles. The molecular weight excluding hydrogens is 538 g/mol. The van der Waals surface area contributed by atoms with Crippen LogP contribution in [0.15, 0.2) is 54.9 Å². The summed E-state index contributed by atoms with van der Waals surface area (Å²) in [5, 5.41) is 8.48. The van der Waals surface area contributed by atoms with Gasteiger partial charge in [-0.2, -0.15) is 4.98 Å². The Morgan fingerprint density at radius 2 is 1.62 bits per heavy atom. The van der Waals surface area contributed by atoms with Gasteiger partial charge in [-0.05, 0) is 69.0 Å². The number of ether oxygens (including phenoxy) is 1. The summed E-state index contributed by atoms with van der Waals surface area (Å²) in [6, 6.07) is 13.2. The molecule has 0 spiro atoms. The first kappa shape index (κ1) is 26.9. The molecule has 0 amide bonds. The van der Waals surface area contributed by atoms with E-state index in [1.54, 1.807) is 6.33 Å². The summed E-state index contributed by atoms with van der Waals surface area (Å²) in [6.07, 6.45) is 3.95. The first-order valence-electron chi connectivity index (χ1n) is 14.6. The lowest BCUT2D eigenvalue weighted by Gasteiger charge is -2.48. The predicted octanol–water partition coefficient (Wildman–Crippen LogP) is 4.93. The zero-order valence-corrected chi connectivity index (χ0v) is 24.0. The first-order chi connectivity index (χ1) is 20.4. The van der Waals surface area contributed by atoms with Crippen molar-refractivity contribution in [1.29, 1.82) is 0 Å². The molecule has 0 bridgehead atoms. The molecule has 11 heteroatoms. The van der Waals surface area contributed by atoms with Crippen LogP contribution in [0.3, 0.4) is 0 Å². The maximum atomic E-state index is 13.9. The van der Waals surface area contributed by atoms with Gasteiger partial charge in [-0.1, -0.05) is 24.3 Å². The summed E-state index contributed by atoms with van der Waals surface area (Å²) < 4.78 is 37.8. The molecule has 2 fully saturated rings. The van der Waals surface area contributed by atoms with E-state index in [9.17, 15) is 8.78 Å². The highest BCUT2D eigenvalue weighted by Crippen LogP contribution is 2.36. The molecule has 218 valence electrons. The van der Waals surface area contributed by atoms with Gasteiger partial charge in [0.2, 0.25) is 0 Å². The molecule has 3 aromatic heterocycles. The van der Waals surface area contributed by atoms with Crippen LogP contribution in [0.5, 0.6) is 0 Å². The molecule has 5 aromatic rings. The zero-order valence-electron chi connectivity index (χ0n) is 24.0. The number of hydrogen-bond acceptors (Lipinski definition) is 7. The second kappa shape index (κ2) is 10.7. The Kier molecular flexibility index (Phi) is 6.86. The number of anilines is 1. The van der Waals surface area contributed by atoms with Crippen LogP contribution in [0.2, 0.25) is 0 Å². The van der Waals surface area contributed by atoms with E-state index in [4.69, 9.17) is 14.7 Å². The Labute approximate surface area is 242 Å². The van der Waals surface area contributed by atoms with Crippen LogP contribution in [0.25, 0.3) is 16.9 Å².